The van der Waals surface area contributed by atoms with E-state index in [0.29, 0.717) is 11.5 Å². The standard InChI is InChI=1S/C23H40O4Si/c1-17(15-18(2)24)20(25)12-10-9-11-19-13-14-21(22(16-19)26-6)27-28(7,8)23(3,4)5/h10,12,15,19,21-22H,9,11,13-14,16H2,1-8H3/b12-10+,17-15+/t19?,21?,22-/m1/s1. The summed E-state index contributed by atoms with van der Waals surface area (Å²) in [7, 11) is -0.00731. The van der Waals surface area contributed by atoms with Gasteiger partial charge in [0.15, 0.2) is 19.9 Å². The Bertz CT molecular complexity index is 598. The van der Waals surface area contributed by atoms with Crippen molar-refractivity contribution in [3.63, 3.8) is 0 Å². The van der Waals surface area contributed by atoms with Crippen LogP contribution in [-0.2, 0) is 18.8 Å². The molecule has 5 heteroatoms. The van der Waals surface area contributed by atoms with E-state index < -0.39 is 8.32 Å². The number of carbonyl (C=O) groups excluding carboxylic acids is 2. The molecule has 0 aromatic rings. The van der Waals surface area contributed by atoms with E-state index in [2.05, 4.69) is 33.9 Å². The van der Waals surface area contributed by atoms with Gasteiger partial charge in [0.25, 0.3) is 0 Å². The topological polar surface area (TPSA) is 52.6 Å². The lowest BCUT2D eigenvalue weighted by atomic mass is 9.82. The lowest BCUT2D eigenvalue weighted by Crippen LogP contribution is -2.49. The van der Waals surface area contributed by atoms with Crippen molar-refractivity contribution in [1.29, 1.82) is 0 Å². The lowest BCUT2D eigenvalue weighted by molar-refractivity contribution is -0.114. The molecule has 1 aliphatic rings. The van der Waals surface area contributed by atoms with Crippen LogP contribution >= 0.6 is 0 Å². The van der Waals surface area contributed by atoms with E-state index in [1.54, 1.807) is 20.1 Å². The molecule has 2 unspecified atom stereocenters. The maximum absolute atomic E-state index is 11.9. The summed E-state index contributed by atoms with van der Waals surface area (Å²) in [5, 5.41) is 0.203. The number of allylic oxidation sites excluding steroid dienone is 4. The van der Waals surface area contributed by atoms with E-state index in [0.717, 1.165) is 32.1 Å². The SMILES string of the molecule is CO[C@@H]1CC(CC/C=C/C(=O)/C(C)=C/C(C)=O)CCC1O[Si](C)(C)C(C)(C)C. The fraction of sp³-hybridized carbons (Fsp3) is 0.739. The van der Waals surface area contributed by atoms with Crippen LogP contribution in [0.15, 0.2) is 23.8 Å². The van der Waals surface area contributed by atoms with Gasteiger partial charge < -0.3 is 9.16 Å². The Morgan fingerprint density at radius 3 is 2.29 bits per heavy atom. The third-order valence-corrected chi connectivity index (χ3v) is 10.7. The zero-order valence-electron chi connectivity index (χ0n) is 19.1. The van der Waals surface area contributed by atoms with Crippen LogP contribution in [0.4, 0.5) is 0 Å². The van der Waals surface area contributed by atoms with E-state index in [4.69, 9.17) is 9.16 Å². The predicted octanol–water partition coefficient (Wildman–Crippen LogP) is 5.63. The molecule has 1 fully saturated rings. The summed E-state index contributed by atoms with van der Waals surface area (Å²) in [6.07, 6.45) is 10.4. The largest absolute Gasteiger partial charge is 0.411 e. The quantitative estimate of drug-likeness (QED) is 0.366. The number of rotatable bonds is 9. The highest BCUT2D eigenvalue weighted by Crippen LogP contribution is 2.40. The fourth-order valence-corrected chi connectivity index (χ4v) is 4.79. The van der Waals surface area contributed by atoms with Crippen LogP contribution in [0.5, 0.6) is 0 Å². The number of hydrogen-bond donors (Lipinski definition) is 0. The molecule has 1 saturated carbocycles. The minimum Gasteiger partial charge on any atom is -0.411 e. The molecule has 0 aliphatic heterocycles. The van der Waals surface area contributed by atoms with E-state index in [1.807, 2.05) is 6.08 Å². The number of ketones is 2. The molecule has 0 heterocycles. The minimum absolute atomic E-state index is 0.0866. The fourth-order valence-electron chi connectivity index (χ4n) is 3.41. The molecule has 0 saturated heterocycles. The second kappa shape index (κ2) is 10.7. The van der Waals surface area contributed by atoms with Crippen molar-refractivity contribution in [3.05, 3.63) is 23.8 Å². The van der Waals surface area contributed by atoms with E-state index >= 15 is 0 Å². The number of ether oxygens (including phenoxy) is 1. The summed E-state index contributed by atoms with van der Waals surface area (Å²) in [6, 6.07) is 0. The van der Waals surface area contributed by atoms with Crippen LogP contribution in [0.3, 0.4) is 0 Å². The Balaban J connectivity index is 2.53. The van der Waals surface area contributed by atoms with Gasteiger partial charge >= 0.3 is 0 Å². The molecule has 0 spiro atoms. The van der Waals surface area contributed by atoms with E-state index in [-0.39, 0.29) is 28.8 Å². The molecular weight excluding hydrogens is 368 g/mol. The average molecular weight is 409 g/mol. The van der Waals surface area contributed by atoms with Crippen molar-refractivity contribution >= 4 is 19.9 Å². The monoisotopic (exact) mass is 408 g/mol. The summed E-state index contributed by atoms with van der Waals surface area (Å²) in [5.41, 5.74) is 0.492. The van der Waals surface area contributed by atoms with Crippen molar-refractivity contribution in [2.75, 3.05) is 7.11 Å². The maximum Gasteiger partial charge on any atom is 0.192 e. The van der Waals surface area contributed by atoms with E-state index in [1.165, 1.54) is 13.0 Å². The molecule has 1 aliphatic carbocycles. The van der Waals surface area contributed by atoms with Crippen molar-refractivity contribution in [2.24, 2.45) is 5.92 Å². The zero-order chi connectivity index (χ0) is 21.5. The summed E-state index contributed by atoms with van der Waals surface area (Å²) >= 11 is 0. The highest BCUT2D eigenvalue weighted by atomic mass is 28.4. The van der Waals surface area contributed by atoms with Crippen LogP contribution in [-0.4, -0.2) is 39.2 Å². The van der Waals surface area contributed by atoms with Crippen molar-refractivity contribution < 1.29 is 18.8 Å². The Hall–Kier alpha value is -1.04. The number of hydrogen-bond acceptors (Lipinski definition) is 4. The summed E-state index contributed by atoms with van der Waals surface area (Å²) in [5.74, 6) is 0.413. The van der Waals surface area contributed by atoms with Gasteiger partial charge in [-0.15, -0.1) is 0 Å². The summed E-state index contributed by atoms with van der Waals surface area (Å²) in [4.78, 5) is 23.0. The molecule has 0 N–H and O–H groups in total. The van der Waals surface area contributed by atoms with Crippen LogP contribution in [0.1, 0.15) is 66.7 Å². The van der Waals surface area contributed by atoms with Gasteiger partial charge in [0.2, 0.25) is 0 Å². The van der Waals surface area contributed by atoms with Gasteiger partial charge in [-0.3, -0.25) is 9.59 Å². The second-order valence-corrected chi connectivity index (χ2v) is 14.4. The Morgan fingerprint density at radius 1 is 1.11 bits per heavy atom. The molecular formula is C23H40O4Si. The molecule has 0 bridgehead atoms. The summed E-state index contributed by atoms with van der Waals surface area (Å²) < 4.78 is 12.4. The molecule has 0 aromatic carbocycles. The van der Waals surface area contributed by atoms with Crippen LogP contribution in [0.2, 0.25) is 18.1 Å². The Kier molecular flexibility index (Phi) is 9.51. The van der Waals surface area contributed by atoms with E-state index in [9.17, 15) is 9.59 Å². The zero-order valence-corrected chi connectivity index (χ0v) is 20.1. The maximum atomic E-state index is 11.9. The van der Waals surface area contributed by atoms with Crippen molar-refractivity contribution in [3.8, 4) is 0 Å². The van der Waals surface area contributed by atoms with Gasteiger partial charge in [-0.2, -0.15) is 0 Å². The van der Waals surface area contributed by atoms with Gasteiger partial charge in [-0.1, -0.05) is 26.8 Å². The van der Waals surface area contributed by atoms with Gasteiger partial charge in [0.1, 0.15) is 0 Å². The second-order valence-electron chi connectivity index (χ2n) is 9.65. The molecule has 160 valence electrons. The lowest BCUT2D eigenvalue weighted by Gasteiger charge is -2.44. The average Bonchev–Trinajstić information content (AvgIpc) is 2.57. The highest BCUT2D eigenvalue weighted by molar-refractivity contribution is 6.74. The molecule has 4 nitrogen and oxygen atoms in total. The van der Waals surface area contributed by atoms with Gasteiger partial charge in [-0.05, 0) is 87.7 Å². The smallest absolute Gasteiger partial charge is 0.192 e. The molecule has 0 radical (unpaired) electrons. The highest BCUT2D eigenvalue weighted by Gasteiger charge is 2.42. The number of carbonyl (C=O) groups is 2. The number of methoxy groups -OCH3 is 1. The summed E-state index contributed by atoms with van der Waals surface area (Å²) in [6.45, 7) is 14.6. The third kappa shape index (κ3) is 7.76. The first-order chi connectivity index (χ1) is 12.9. The Morgan fingerprint density at radius 2 is 1.75 bits per heavy atom. The normalized spacial score (nSPS) is 24.6. The van der Waals surface area contributed by atoms with Crippen molar-refractivity contribution in [2.45, 2.75) is 97.1 Å². The molecule has 28 heavy (non-hydrogen) atoms. The Labute approximate surface area is 172 Å². The van der Waals surface area contributed by atoms with Gasteiger partial charge in [0.05, 0.1) is 12.2 Å². The molecule has 1 rings (SSSR count). The first-order valence-corrected chi connectivity index (χ1v) is 13.4. The molecule has 3 atom stereocenters. The van der Waals surface area contributed by atoms with Crippen LogP contribution in [0, 0.1) is 5.92 Å². The molecule has 0 aromatic heterocycles. The minimum atomic E-state index is -1.80. The van der Waals surface area contributed by atoms with Crippen molar-refractivity contribution in [1.82, 2.24) is 0 Å². The third-order valence-electron chi connectivity index (χ3n) is 6.21. The first-order valence-electron chi connectivity index (χ1n) is 10.5. The predicted molar refractivity (Wildman–Crippen MR) is 118 cm³/mol. The van der Waals surface area contributed by atoms with Crippen LogP contribution in [0.25, 0.3) is 0 Å². The molecule has 0 amide bonds. The van der Waals surface area contributed by atoms with Gasteiger partial charge in [-0.25, -0.2) is 0 Å². The van der Waals surface area contributed by atoms with Gasteiger partial charge in [0, 0.05) is 7.11 Å². The first kappa shape index (κ1) is 25.0. The van der Waals surface area contributed by atoms with Crippen LogP contribution < -0.4 is 0 Å².